The number of anilines is 2. The minimum Gasteiger partial charge on any atom is -0.378 e. The molecule has 0 aromatic carbocycles. The molecular formula is C21H31N3O2S. The van der Waals surface area contributed by atoms with Gasteiger partial charge in [0.1, 0.15) is 5.82 Å². The van der Waals surface area contributed by atoms with E-state index >= 15 is 0 Å². The molecule has 0 saturated carbocycles. The molecule has 3 heterocycles. The van der Waals surface area contributed by atoms with Crippen LogP contribution in [-0.2, 0) is 4.74 Å². The lowest BCUT2D eigenvalue weighted by Gasteiger charge is -2.34. The molecule has 148 valence electrons. The predicted octanol–water partition coefficient (Wildman–Crippen LogP) is 3.78. The Hall–Kier alpha value is -1.66. The molecule has 2 fully saturated rings. The van der Waals surface area contributed by atoms with Crippen molar-refractivity contribution < 1.29 is 4.74 Å². The number of nitrogens with one attached hydrogen (secondary N) is 1. The van der Waals surface area contributed by atoms with E-state index < -0.39 is 0 Å². The number of aromatic amines is 1. The van der Waals surface area contributed by atoms with Crippen LogP contribution in [0, 0.1) is 0 Å². The predicted molar refractivity (Wildman–Crippen MR) is 116 cm³/mol. The van der Waals surface area contributed by atoms with Crippen molar-refractivity contribution in [1.82, 2.24) is 4.98 Å². The Bertz CT molecular complexity index is 710. The van der Waals surface area contributed by atoms with Crippen molar-refractivity contribution in [2.75, 3.05) is 48.9 Å². The SMILES string of the molecule is C=C/C=C(/CC1CCCCCN1c1cc(N2CCOCC2)cc(=O)[nH]1)SC. The van der Waals surface area contributed by atoms with E-state index in [0.717, 1.165) is 57.2 Å². The van der Waals surface area contributed by atoms with Crippen LogP contribution < -0.4 is 15.4 Å². The van der Waals surface area contributed by atoms with Gasteiger partial charge in [0.25, 0.3) is 5.56 Å². The molecule has 1 aromatic rings. The molecule has 5 nitrogen and oxygen atoms in total. The first kappa shape index (κ1) is 20.1. The lowest BCUT2D eigenvalue weighted by Crippen LogP contribution is -2.39. The van der Waals surface area contributed by atoms with Crippen LogP contribution in [-0.4, -0.2) is 50.1 Å². The summed E-state index contributed by atoms with van der Waals surface area (Å²) in [6, 6.07) is 4.27. The molecule has 0 spiro atoms. The number of thioether (sulfide) groups is 1. The second-order valence-electron chi connectivity index (χ2n) is 7.16. The molecule has 0 amide bonds. The fourth-order valence-corrected chi connectivity index (χ4v) is 4.55. The first-order chi connectivity index (χ1) is 13.2. The molecule has 1 unspecified atom stereocenters. The zero-order valence-electron chi connectivity index (χ0n) is 16.3. The normalized spacial score (nSPS) is 21.8. The van der Waals surface area contributed by atoms with E-state index in [4.69, 9.17) is 4.74 Å². The molecule has 1 atom stereocenters. The number of rotatable bonds is 6. The molecule has 1 aromatic heterocycles. The number of hydrogen-bond donors (Lipinski definition) is 1. The Morgan fingerprint density at radius 2 is 2.11 bits per heavy atom. The minimum atomic E-state index is -0.0243. The molecule has 3 rings (SSSR count). The van der Waals surface area contributed by atoms with Gasteiger partial charge in [0.15, 0.2) is 0 Å². The Kier molecular flexibility index (Phi) is 7.47. The van der Waals surface area contributed by atoms with Crippen LogP contribution in [0.2, 0.25) is 0 Å². The number of pyridine rings is 1. The molecule has 1 N–H and O–H groups in total. The van der Waals surface area contributed by atoms with Crippen molar-refractivity contribution in [2.45, 2.75) is 38.1 Å². The van der Waals surface area contributed by atoms with E-state index in [2.05, 4.69) is 39.8 Å². The Labute approximate surface area is 166 Å². The number of aromatic nitrogens is 1. The van der Waals surface area contributed by atoms with Gasteiger partial charge in [-0.15, -0.1) is 11.8 Å². The average molecular weight is 390 g/mol. The number of H-pyrrole nitrogens is 1. The van der Waals surface area contributed by atoms with Gasteiger partial charge in [-0.05, 0) is 30.4 Å². The third kappa shape index (κ3) is 5.42. The standard InChI is InChI=1S/C21H31N3O2S/c1-3-7-19(27-2)14-17-8-5-4-6-9-24(17)20-15-18(16-21(25)22-20)23-10-12-26-13-11-23/h3,7,15-17H,1,4-6,8-14H2,2H3,(H,22,25)/b19-7-. The summed E-state index contributed by atoms with van der Waals surface area (Å²) in [6.45, 7) is 7.95. The van der Waals surface area contributed by atoms with Crippen molar-refractivity contribution >= 4 is 23.3 Å². The summed E-state index contributed by atoms with van der Waals surface area (Å²) >= 11 is 1.79. The van der Waals surface area contributed by atoms with E-state index in [1.165, 1.54) is 24.2 Å². The Balaban J connectivity index is 1.88. The van der Waals surface area contributed by atoms with Crippen molar-refractivity contribution in [3.63, 3.8) is 0 Å². The van der Waals surface area contributed by atoms with Gasteiger partial charge >= 0.3 is 0 Å². The molecule has 2 aliphatic heterocycles. The summed E-state index contributed by atoms with van der Waals surface area (Å²) in [4.78, 5) is 21.5. The molecule has 0 bridgehead atoms. The monoisotopic (exact) mass is 389 g/mol. The summed E-state index contributed by atoms with van der Waals surface area (Å²) in [5.74, 6) is 0.954. The number of morpholine rings is 1. The van der Waals surface area contributed by atoms with Crippen LogP contribution in [0.3, 0.4) is 0 Å². The molecule has 2 saturated heterocycles. The molecule has 6 heteroatoms. The lowest BCUT2D eigenvalue weighted by molar-refractivity contribution is 0.122. The van der Waals surface area contributed by atoms with Gasteiger partial charge in [-0.3, -0.25) is 4.79 Å². The maximum absolute atomic E-state index is 12.4. The van der Waals surface area contributed by atoms with Gasteiger partial charge in [0, 0.05) is 43.5 Å². The zero-order valence-corrected chi connectivity index (χ0v) is 17.1. The summed E-state index contributed by atoms with van der Waals surface area (Å²) < 4.78 is 5.46. The fraction of sp³-hybridized carbons (Fsp3) is 0.571. The van der Waals surface area contributed by atoms with Crippen LogP contribution in [0.5, 0.6) is 0 Å². The van der Waals surface area contributed by atoms with Crippen molar-refractivity contribution in [1.29, 1.82) is 0 Å². The molecular weight excluding hydrogens is 358 g/mol. The van der Waals surface area contributed by atoms with Crippen LogP contribution >= 0.6 is 11.8 Å². The molecule has 2 aliphatic rings. The topological polar surface area (TPSA) is 48.6 Å². The van der Waals surface area contributed by atoms with E-state index in [-0.39, 0.29) is 5.56 Å². The number of hydrogen-bond acceptors (Lipinski definition) is 5. The van der Waals surface area contributed by atoms with Gasteiger partial charge in [0.2, 0.25) is 0 Å². The van der Waals surface area contributed by atoms with Crippen LogP contribution in [0.1, 0.15) is 32.1 Å². The van der Waals surface area contributed by atoms with Crippen LogP contribution in [0.25, 0.3) is 0 Å². The molecule has 0 aliphatic carbocycles. The van der Waals surface area contributed by atoms with E-state index in [1.807, 2.05) is 6.08 Å². The summed E-state index contributed by atoms with van der Waals surface area (Å²) in [5.41, 5.74) is 0.982. The van der Waals surface area contributed by atoms with E-state index in [0.29, 0.717) is 6.04 Å². The Morgan fingerprint density at radius 1 is 1.30 bits per heavy atom. The van der Waals surface area contributed by atoms with Crippen LogP contribution in [0.4, 0.5) is 11.5 Å². The van der Waals surface area contributed by atoms with E-state index in [1.54, 1.807) is 17.8 Å². The highest BCUT2D eigenvalue weighted by Gasteiger charge is 2.24. The maximum Gasteiger partial charge on any atom is 0.251 e. The number of allylic oxidation sites excluding steroid dienone is 2. The van der Waals surface area contributed by atoms with Crippen molar-refractivity contribution in [3.8, 4) is 0 Å². The van der Waals surface area contributed by atoms with Gasteiger partial charge in [0.05, 0.1) is 13.2 Å². The number of nitrogens with zero attached hydrogens (tertiary/aromatic N) is 2. The summed E-state index contributed by atoms with van der Waals surface area (Å²) in [7, 11) is 0. The van der Waals surface area contributed by atoms with Crippen LogP contribution in [0.15, 0.2) is 40.6 Å². The summed E-state index contributed by atoms with van der Waals surface area (Å²) in [6.07, 6.45) is 11.9. The molecule has 0 radical (unpaired) electrons. The minimum absolute atomic E-state index is 0.0243. The highest BCUT2D eigenvalue weighted by Crippen LogP contribution is 2.30. The zero-order chi connectivity index (χ0) is 19.1. The summed E-state index contributed by atoms with van der Waals surface area (Å²) in [5, 5.41) is 0. The number of ether oxygens (including phenoxy) is 1. The van der Waals surface area contributed by atoms with Gasteiger partial charge in [-0.25, -0.2) is 0 Å². The smallest absolute Gasteiger partial charge is 0.251 e. The lowest BCUT2D eigenvalue weighted by atomic mass is 10.1. The first-order valence-electron chi connectivity index (χ1n) is 9.90. The van der Waals surface area contributed by atoms with Gasteiger partial charge in [-0.1, -0.05) is 31.6 Å². The average Bonchev–Trinajstić information content (AvgIpc) is 2.93. The van der Waals surface area contributed by atoms with Gasteiger partial charge < -0.3 is 19.5 Å². The Morgan fingerprint density at radius 3 is 2.85 bits per heavy atom. The van der Waals surface area contributed by atoms with Crippen molar-refractivity contribution in [2.24, 2.45) is 0 Å². The first-order valence-corrected chi connectivity index (χ1v) is 11.1. The van der Waals surface area contributed by atoms with E-state index in [9.17, 15) is 4.79 Å². The second kappa shape index (κ2) is 10.0. The quantitative estimate of drug-likeness (QED) is 0.750. The third-order valence-corrected chi connectivity index (χ3v) is 6.21. The third-order valence-electron chi connectivity index (χ3n) is 5.38. The highest BCUT2D eigenvalue weighted by molar-refractivity contribution is 8.02. The highest BCUT2D eigenvalue weighted by atomic mass is 32.2. The second-order valence-corrected chi connectivity index (χ2v) is 8.09. The largest absolute Gasteiger partial charge is 0.378 e. The van der Waals surface area contributed by atoms with Gasteiger partial charge in [-0.2, -0.15) is 0 Å². The fourth-order valence-electron chi connectivity index (χ4n) is 3.96. The van der Waals surface area contributed by atoms with Crippen molar-refractivity contribution in [3.05, 3.63) is 46.1 Å². The molecule has 27 heavy (non-hydrogen) atoms. The maximum atomic E-state index is 12.4.